The smallest absolute Gasteiger partial charge is 0.238 e. The van der Waals surface area contributed by atoms with Crippen LogP contribution >= 0.6 is 11.6 Å². The summed E-state index contributed by atoms with van der Waals surface area (Å²) in [6, 6.07) is 11.4. The van der Waals surface area contributed by atoms with Crippen LogP contribution in [0.5, 0.6) is 5.75 Å². The molecule has 0 aliphatic heterocycles. The number of halogens is 1. The molecular weight excluding hydrogens is 324 g/mol. The second kappa shape index (κ2) is 8.18. The summed E-state index contributed by atoms with van der Waals surface area (Å²) in [6.45, 7) is 5.02. The SMILES string of the molecule is COc1c(C)cc(CN(C)CC(=O)Nc2ccccc2Cl)cc1C. The molecule has 0 unspecified atom stereocenters. The van der Waals surface area contributed by atoms with Gasteiger partial charge < -0.3 is 10.1 Å². The maximum absolute atomic E-state index is 12.2. The van der Waals surface area contributed by atoms with Crippen LogP contribution in [0.25, 0.3) is 0 Å². The number of hydrogen-bond acceptors (Lipinski definition) is 3. The summed E-state index contributed by atoms with van der Waals surface area (Å²) in [7, 11) is 3.60. The van der Waals surface area contributed by atoms with Gasteiger partial charge in [-0.3, -0.25) is 9.69 Å². The molecule has 0 radical (unpaired) electrons. The molecule has 0 fully saturated rings. The van der Waals surface area contributed by atoms with Gasteiger partial charge in [-0.05, 0) is 49.7 Å². The molecule has 4 nitrogen and oxygen atoms in total. The number of rotatable bonds is 6. The Bertz CT molecular complexity index is 708. The van der Waals surface area contributed by atoms with Gasteiger partial charge in [0.25, 0.3) is 0 Å². The highest BCUT2D eigenvalue weighted by atomic mass is 35.5. The number of para-hydroxylation sites is 1. The predicted molar refractivity (Wildman–Crippen MR) is 98.9 cm³/mol. The van der Waals surface area contributed by atoms with Crippen molar-refractivity contribution in [3.8, 4) is 5.75 Å². The maximum Gasteiger partial charge on any atom is 0.238 e. The molecule has 2 aromatic rings. The Morgan fingerprint density at radius 1 is 1.21 bits per heavy atom. The summed E-state index contributed by atoms with van der Waals surface area (Å²) in [4.78, 5) is 14.1. The Morgan fingerprint density at radius 2 is 1.83 bits per heavy atom. The number of aryl methyl sites for hydroxylation is 2. The van der Waals surface area contributed by atoms with E-state index in [0.717, 1.165) is 22.4 Å². The number of likely N-dealkylation sites (N-methyl/N-ethyl adjacent to an activating group) is 1. The van der Waals surface area contributed by atoms with Crippen LogP contribution < -0.4 is 10.1 Å². The van der Waals surface area contributed by atoms with Crippen molar-refractivity contribution < 1.29 is 9.53 Å². The van der Waals surface area contributed by atoms with E-state index in [1.807, 2.05) is 37.9 Å². The van der Waals surface area contributed by atoms with E-state index in [1.54, 1.807) is 19.2 Å². The summed E-state index contributed by atoms with van der Waals surface area (Å²) in [5.41, 5.74) is 3.98. The fourth-order valence-corrected chi connectivity index (χ4v) is 3.00. The van der Waals surface area contributed by atoms with Crippen molar-refractivity contribution >= 4 is 23.2 Å². The van der Waals surface area contributed by atoms with Crippen LogP contribution in [-0.2, 0) is 11.3 Å². The summed E-state index contributed by atoms with van der Waals surface area (Å²) < 4.78 is 5.39. The van der Waals surface area contributed by atoms with Crippen molar-refractivity contribution in [1.82, 2.24) is 4.90 Å². The Labute approximate surface area is 148 Å². The number of nitrogens with one attached hydrogen (secondary N) is 1. The van der Waals surface area contributed by atoms with Crippen molar-refractivity contribution in [3.05, 3.63) is 58.1 Å². The third-order valence-corrected chi connectivity index (χ3v) is 4.07. The molecule has 2 rings (SSSR count). The Kier molecular flexibility index (Phi) is 6.23. The van der Waals surface area contributed by atoms with Gasteiger partial charge in [0.15, 0.2) is 0 Å². The first-order valence-electron chi connectivity index (χ1n) is 7.77. The molecular formula is C19H23ClN2O2. The molecule has 1 N–H and O–H groups in total. The van der Waals surface area contributed by atoms with Gasteiger partial charge in [-0.1, -0.05) is 35.9 Å². The normalized spacial score (nSPS) is 10.8. The van der Waals surface area contributed by atoms with E-state index in [-0.39, 0.29) is 12.5 Å². The van der Waals surface area contributed by atoms with Crippen LogP contribution in [0.15, 0.2) is 36.4 Å². The molecule has 0 heterocycles. The second-order valence-electron chi connectivity index (χ2n) is 5.96. The number of carbonyl (C=O) groups is 1. The van der Waals surface area contributed by atoms with E-state index in [1.165, 1.54) is 0 Å². The van der Waals surface area contributed by atoms with Crippen molar-refractivity contribution in [2.75, 3.05) is 26.0 Å². The lowest BCUT2D eigenvalue weighted by molar-refractivity contribution is -0.117. The van der Waals surface area contributed by atoms with Crippen LogP contribution in [0.4, 0.5) is 5.69 Å². The summed E-state index contributed by atoms with van der Waals surface area (Å²) >= 11 is 6.06. The number of carbonyl (C=O) groups excluding carboxylic acids is 1. The van der Waals surface area contributed by atoms with Gasteiger partial charge in [0, 0.05) is 6.54 Å². The molecule has 0 aliphatic rings. The van der Waals surface area contributed by atoms with Crippen molar-refractivity contribution in [2.24, 2.45) is 0 Å². The summed E-state index contributed by atoms with van der Waals surface area (Å²) in [5, 5.41) is 3.37. The third kappa shape index (κ3) is 4.73. The quantitative estimate of drug-likeness (QED) is 0.858. The summed E-state index contributed by atoms with van der Waals surface area (Å²) in [6.07, 6.45) is 0. The molecule has 0 aliphatic carbocycles. The minimum atomic E-state index is -0.0902. The fourth-order valence-electron chi connectivity index (χ4n) is 2.82. The first-order valence-corrected chi connectivity index (χ1v) is 8.15. The molecule has 2 aromatic carbocycles. The lowest BCUT2D eigenvalue weighted by atomic mass is 10.1. The average Bonchev–Trinajstić information content (AvgIpc) is 2.49. The number of nitrogens with zero attached hydrogens (tertiary/aromatic N) is 1. The van der Waals surface area contributed by atoms with E-state index < -0.39 is 0 Å². The first-order chi connectivity index (χ1) is 11.4. The third-order valence-electron chi connectivity index (χ3n) is 3.74. The zero-order chi connectivity index (χ0) is 17.7. The van der Waals surface area contributed by atoms with E-state index >= 15 is 0 Å². The molecule has 0 aromatic heterocycles. The maximum atomic E-state index is 12.2. The van der Waals surface area contributed by atoms with Crippen LogP contribution in [0.2, 0.25) is 5.02 Å². The summed E-state index contributed by atoms with van der Waals surface area (Å²) in [5.74, 6) is 0.824. The molecule has 5 heteroatoms. The van der Waals surface area contributed by atoms with E-state index in [9.17, 15) is 4.79 Å². The molecule has 0 bridgehead atoms. The lowest BCUT2D eigenvalue weighted by Gasteiger charge is -2.18. The lowest BCUT2D eigenvalue weighted by Crippen LogP contribution is -2.30. The van der Waals surface area contributed by atoms with Crippen molar-refractivity contribution in [2.45, 2.75) is 20.4 Å². The molecule has 128 valence electrons. The van der Waals surface area contributed by atoms with Gasteiger partial charge in [0.2, 0.25) is 5.91 Å². The number of hydrogen-bond donors (Lipinski definition) is 1. The fraction of sp³-hybridized carbons (Fsp3) is 0.316. The van der Waals surface area contributed by atoms with Gasteiger partial charge in [0.1, 0.15) is 5.75 Å². The molecule has 0 atom stereocenters. The molecule has 0 spiro atoms. The molecule has 1 amide bonds. The van der Waals surface area contributed by atoms with Crippen LogP contribution in [0, 0.1) is 13.8 Å². The molecule has 0 saturated carbocycles. The highest BCUT2D eigenvalue weighted by molar-refractivity contribution is 6.33. The number of amides is 1. The Hall–Kier alpha value is -2.04. The Morgan fingerprint density at radius 3 is 2.42 bits per heavy atom. The highest BCUT2D eigenvalue weighted by Crippen LogP contribution is 2.25. The van der Waals surface area contributed by atoms with E-state index in [4.69, 9.17) is 16.3 Å². The van der Waals surface area contributed by atoms with E-state index in [2.05, 4.69) is 17.4 Å². The van der Waals surface area contributed by atoms with Crippen LogP contribution in [0.1, 0.15) is 16.7 Å². The average molecular weight is 347 g/mol. The standard InChI is InChI=1S/C19H23ClN2O2/c1-13-9-15(10-14(2)19(13)24-4)11-22(3)12-18(23)21-17-8-6-5-7-16(17)20/h5-10H,11-12H2,1-4H3,(H,21,23). The second-order valence-corrected chi connectivity index (χ2v) is 6.37. The van der Waals surface area contributed by atoms with Crippen LogP contribution in [-0.4, -0.2) is 31.5 Å². The van der Waals surface area contributed by atoms with Gasteiger partial charge >= 0.3 is 0 Å². The van der Waals surface area contributed by atoms with Gasteiger partial charge in [0.05, 0.1) is 24.4 Å². The minimum absolute atomic E-state index is 0.0902. The predicted octanol–water partition coefficient (Wildman–Crippen LogP) is 4.04. The minimum Gasteiger partial charge on any atom is -0.496 e. The number of anilines is 1. The first kappa shape index (κ1) is 18.3. The number of methoxy groups -OCH3 is 1. The number of ether oxygens (including phenoxy) is 1. The van der Waals surface area contributed by atoms with Crippen LogP contribution in [0.3, 0.4) is 0 Å². The number of benzene rings is 2. The van der Waals surface area contributed by atoms with Crippen molar-refractivity contribution in [1.29, 1.82) is 0 Å². The topological polar surface area (TPSA) is 41.6 Å². The van der Waals surface area contributed by atoms with Crippen molar-refractivity contribution in [3.63, 3.8) is 0 Å². The largest absolute Gasteiger partial charge is 0.496 e. The zero-order valence-electron chi connectivity index (χ0n) is 14.5. The zero-order valence-corrected chi connectivity index (χ0v) is 15.3. The van der Waals surface area contributed by atoms with Gasteiger partial charge in [-0.15, -0.1) is 0 Å². The van der Waals surface area contributed by atoms with Gasteiger partial charge in [-0.25, -0.2) is 0 Å². The molecule has 24 heavy (non-hydrogen) atoms. The molecule has 0 saturated heterocycles. The Balaban J connectivity index is 1.97. The van der Waals surface area contributed by atoms with Gasteiger partial charge in [-0.2, -0.15) is 0 Å². The monoisotopic (exact) mass is 346 g/mol. The van der Waals surface area contributed by atoms with E-state index in [0.29, 0.717) is 17.3 Å². The highest BCUT2D eigenvalue weighted by Gasteiger charge is 2.11.